The highest BCUT2D eigenvalue weighted by molar-refractivity contribution is 7.89. The van der Waals surface area contributed by atoms with Crippen LogP contribution in [0.25, 0.3) is 10.9 Å². The lowest BCUT2D eigenvalue weighted by molar-refractivity contribution is -0.135. The molecule has 33 heavy (non-hydrogen) atoms. The van der Waals surface area contributed by atoms with Gasteiger partial charge in [0.05, 0.1) is 16.3 Å². The normalized spacial score (nSPS) is 18.7. The van der Waals surface area contributed by atoms with E-state index in [-0.39, 0.29) is 4.90 Å². The highest BCUT2D eigenvalue weighted by atomic mass is 32.2. The van der Waals surface area contributed by atoms with Crippen LogP contribution in [0.4, 0.5) is 0 Å². The van der Waals surface area contributed by atoms with E-state index in [1.807, 2.05) is 37.3 Å². The van der Waals surface area contributed by atoms with Crippen LogP contribution < -0.4 is 14.9 Å². The zero-order valence-electron chi connectivity index (χ0n) is 18.3. The van der Waals surface area contributed by atoms with Gasteiger partial charge in [0.2, 0.25) is 15.9 Å². The largest absolute Gasteiger partial charge is 0.489 e. The van der Waals surface area contributed by atoms with Gasteiger partial charge in [-0.1, -0.05) is 31.0 Å². The Kier molecular flexibility index (Phi) is 6.92. The Hall–Kier alpha value is -3.01. The fraction of sp³-hybridized carbons (Fsp3) is 0.333. The van der Waals surface area contributed by atoms with Gasteiger partial charge in [0.1, 0.15) is 12.4 Å². The number of hydrogen-bond acceptors (Lipinski definition) is 6. The van der Waals surface area contributed by atoms with Gasteiger partial charge in [-0.25, -0.2) is 18.6 Å². The van der Waals surface area contributed by atoms with Gasteiger partial charge in [-0.3, -0.25) is 15.0 Å². The van der Waals surface area contributed by atoms with E-state index in [1.165, 1.54) is 12.1 Å². The van der Waals surface area contributed by atoms with E-state index in [0.717, 1.165) is 35.0 Å². The number of benzene rings is 2. The third kappa shape index (κ3) is 5.32. The summed E-state index contributed by atoms with van der Waals surface area (Å²) in [6.45, 7) is 2.26. The lowest BCUT2D eigenvalue weighted by Crippen LogP contribution is -2.47. The molecular formula is C24H27N3O5S. The third-order valence-corrected chi connectivity index (χ3v) is 7.48. The number of ether oxygens (including phenoxy) is 1. The molecular weight excluding hydrogens is 442 g/mol. The number of nitrogens with one attached hydrogen (secondary N) is 2. The van der Waals surface area contributed by atoms with Crippen LogP contribution in [0.2, 0.25) is 0 Å². The van der Waals surface area contributed by atoms with Crippen LogP contribution in [0.1, 0.15) is 36.9 Å². The van der Waals surface area contributed by atoms with Crippen LogP contribution in [-0.2, 0) is 21.4 Å². The van der Waals surface area contributed by atoms with Crippen LogP contribution in [0, 0.1) is 12.8 Å². The monoisotopic (exact) mass is 469 g/mol. The number of carbonyl (C=O) groups is 1. The highest BCUT2D eigenvalue weighted by Gasteiger charge is 2.34. The van der Waals surface area contributed by atoms with Crippen molar-refractivity contribution in [2.75, 3.05) is 0 Å². The zero-order chi connectivity index (χ0) is 23.4. The topological polar surface area (TPSA) is 118 Å². The quantitative estimate of drug-likeness (QED) is 0.360. The maximum Gasteiger partial charge on any atom is 0.248 e. The summed E-state index contributed by atoms with van der Waals surface area (Å²) >= 11 is 0. The lowest BCUT2D eigenvalue weighted by Gasteiger charge is -2.30. The molecule has 1 amide bonds. The van der Waals surface area contributed by atoms with Gasteiger partial charge in [0, 0.05) is 22.7 Å². The number of sulfonamides is 1. The molecule has 9 heteroatoms. The van der Waals surface area contributed by atoms with E-state index in [0.29, 0.717) is 25.2 Å². The van der Waals surface area contributed by atoms with Crippen molar-refractivity contribution in [3.8, 4) is 5.75 Å². The SMILES string of the molecule is Cc1cc(COc2ccc(S(=O)(=O)N[C@@H]3CCCC[C@H]3C(=O)NO)cc2)c2ccccc2n1. The Morgan fingerprint density at radius 2 is 1.85 bits per heavy atom. The van der Waals surface area contributed by atoms with Crippen LogP contribution in [-0.4, -0.2) is 30.6 Å². The van der Waals surface area contributed by atoms with Gasteiger partial charge in [-0.05, 0) is 56.2 Å². The summed E-state index contributed by atoms with van der Waals surface area (Å²) in [5, 5.41) is 9.98. The molecule has 1 fully saturated rings. The number of carbonyl (C=O) groups excluding carboxylic acids is 1. The van der Waals surface area contributed by atoms with Crippen LogP contribution in [0.5, 0.6) is 5.75 Å². The van der Waals surface area contributed by atoms with Crippen molar-refractivity contribution < 1.29 is 23.2 Å². The van der Waals surface area contributed by atoms with E-state index in [9.17, 15) is 13.2 Å². The number of aromatic nitrogens is 1. The molecule has 2 atom stereocenters. The molecule has 2 aromatic carbocycles. The first-order chi connectivity index (χ1) is 15.9. The maximum atomic E-state index is 12.9. The fourth-order valence-corrected chi connectivity index (χ4v) is 5.64. The molecule has 8 nitrogen and oxygen atoms in total. The molecule has 0 spiro atoms. The average Bonchev–Trinajstić information content (AvgIpc) is 2.82. The molecule has 3 aromatic rings. The second kappa shape index (κ2) is 9.86. The number of hydrogen-bond donors (Lipinski definition) is 3. The second-order valence-corrected chi connectivity index (χ2v) is 10.0. The number of aryl methyl sites for hydroxylation is 1. The molecule has 0 saturated heterocycles. The molecule has 1 heterocycles. The van der Waals surface area contributed by atoms with Gasteiger partial charge in [-0.15, -0.1) is 0 Å². The van der Waals surface area contributed by atoms with E-state index in [4.69, 9.17) is 9.94 Å². The Morgan fingerprint density at radius 1 is 1.12 bits per heavy atom. The van der Waals surface area contributed by atoms with Gasteiger partial charge >= 0.3 is 0 Å². The van der Waals surface area contributed by atoms with Crippen molar-refractivity contribution in [3.05, 3.63) is 65.9 Å². The Morgan fingerprint density at radius 3 is 2.61 bits per heavy atom. The standard InChI is InChI=1S/C24H27N3O5S/c1-16-14-17(20-6-2-4-8-22(20)25-16)15-32-18-10-12-19(13-11-18)33(30,31)27-23-9-5-3-7-21(23)24(28)26-29/h2,4,6,8,10-14,21,23,27,29H,3,5,7,9,15H2,1H3,(H,26,28)/t21-,23-/m1/s1. The first kappa shape index (κ1) is 23.2. The Balaban J connectivity index is 1.45. The van der Waals surface area contributed by atoms with Gasteiger partial charge in [0.15, 0.2) is 0 Å². The molecule has 174 valence electrons. The first-order valence-corrected chi connectivity index (χ1v) is 12.4. The molecule has 0 aliphatic heterocycles. The minimum atomic E-state index is -3.83. The predicted molar refractivity (Wildman–Crippen MR) is 123 cm³/mol. The van der Waals surface area contributed by atoms with Crippen LogP contribution >= 0.6 is 0 Å². The van der Waals surface area contributed by atoms with E-state index in [1.54, 1.807) is 17.6 Å². The molecule has 0 radical (unpaired) electrons. The van der Waals surface area contributed by atoms with Gasteiger partial charge in [0.25, 0.3) is 0 Å². The minimum absolute atomic E-state index is 0.0915. The first-order valence-electron chi connectivity index (χ1n) is 10.9. The molecule has 0 unspecified atom stereocenters. The molecule has 3 N–H and O–H groups in total. The van der Waals surface area contributed by atoms with Crippen molar-refractivity contribution >= 4 is 26.8 Å². The van der Waals surface area contributed by atoms with Crippen molar-refractivity contribution in [2.45, 2.75) is 50.2 Å². The Bertz CT molecular complexity index is 1240. The summed E-state index contributed by atoms with van der Waals surface area (Å²) in [6.07, 6.45) is 2.69. The number of amides is 1. The van der Waals surface area contributed by atoms with Gasteiger partial charge < -0.3 is 4.74 Å². The van der Waals surface area contributed by atoms with Crippen LogP contribution in [0.3, 0.4) is 0 Å². The molecule has 4 rings (SSSR count). The summed E-state index contributed by atoms with van der Waals surface area (Å²) in [5.74, 6) is -0.618. The smallest absolute Gasteiger partial charge is 0.248 e. The summed E-state index contributed by atoms with van der Waals surface area (Å²) in [5.41, 5.74) is 4.45. The predicted octanol–water partition coefficient (Wildman–Crippen LogP) is 3.46. The fourth-order valence-electron chi connectivity index (χ4n) is 4.33. The average molecular weight is 470 g/mol. The van der Waals surface area contributed by atoms with E-state index < -0.39 is 27.9 Å². The molecule has 0 bridgehead atoms. The van der Waals surface area contributed by atoms with Crippen molar-refractivity contribution in [2.24, 2.45) is 5.92 Å². The van der Waals surface area contributed by atoms with E-state index >= 15 is 0 Å². The third-order valence-electron chi connectivity index (χ3n) is 5.98. The molecule has 1 saturated carbocycles. The summed E-state index contributed by atoms with van der Waals surface area (Å²) in [7, 11) is -3.83. The minimum Gasteiger partial charge on any atom is -0.489 e. The molecule has 1 aliphatic rings. The summed E-state index contributed by atoms with van der Waals surface area (Å²) < 4.78 is 34.3. The lowest BCUT2D eigenvalue weighted by atomic mass is 9.85. The zero-order valence-corrected chi connectivity index (χ0v) is 19.1. The van der Waals surface area contributed by atoms with Crippen molar-refractivity contribution in [1.29, 1.82) is 0 Å². The highest BCUT2D eigenvalue weighted by Crippen LogP contribution is 2.27. The van der Waals surface area contributed by atoms with Gasteiger partial charge in [-0.2, -0.15) is 0 Å². The summed E-state index contributed by atoms with van der Waals surface area (Å²) in [6, 6.07) is 15.5. The van der Waals surface area contributed by atoms with Crippen LogP contribution in [0.15, 0.2) is 59.5 Å². The Labute approximate surface area is 193 Å². The molecule has 1 aliphatic carbocycles. The number of fused-ring (bicyclic) bond motifs is 1. The number of hydroxylamine groups is 1. The number of rotatable bonds is 7. The van der Waals surface area contributed by atoms with E-state index in [2.05, 4.69) is 9.71 Å². The number of para-hydroxylation sites is 1. The number of pyridine rings is 1. The maximum absolute atomic E-state index is 12.9. The number of nitrogens with zero attached hydrogens (tertiary/aromatic N) is 1. The summed E-state index contributed by atoms with van der Waals surface area (Å²) in [4.78, 5) is 16.5. The van der Waals surface area contributed by atoms with Crippen molar-refractivity contribution in [1.82, 2.24) is 15.2 Å². The second-order valence-electron chi connectivity index (χ2n) is 8.29. The van der Waals surface area contributed by atoms with Crippen molar-refractivity contribution in [3.63, 3.8) is 0 Å². The molecule has 1 aromatic heterocycles.